The van der Waals surface area contributed by atoms with E-state index in [2.05, 4.69) is 24.1 Å². The molecule has 0 heterocycles. The number of benzene rings is 1. The summed E-state index contributed by atoms with van der Waals surface area (Å²) in [5, 5.41) is 3.55. The van der Waals surface area contributed by atoms with Crippen LogP contribution in [0.2, 0.25) is 5.02 Å². The molecule has 1 aromatic rings. The molecule has 0 aliphatic rings. The molecule has 1 atom stereocenters. The van der Waals surface area contributed by atoms with Crippen molar-refractivity contribution in [3.8, 4) is 0 Å². The van der Waals surface area contributed by atoms with Gasteiger partial charge >= 0.3 is 0 Å². The van der Waals surface area contributed by atoms with Gasteiger partial charge in [-0.1, -0.05) is 37.6 Å². The zero-order valence-electron chi connectivity index (χ0n) is 12.0. The van der Waals surface area contributed by atoms with Crippen LogP contribution in [0.3, 0.4) is 0 Å². The number of rotatable bonds is 8. The molecule has 4 heteroatoms. The van der Waals surface area contributed by atoms with E-state index in [1.165, 1.54) is 6.07 Å². The lowest BCUT2D eigenvalue weighted by atomic mass is 10.0. The molecule has 0 aliphatic heterocycles. The number of nitrogens with zero attached hydrogens (tertiary/aromatic N) is 1. The first-order valence-electron chi connectivity index (χ1n) is 6.94. The Kier molecular flexibility index (Phi) is 7.36. The lowest BCUT2D eigenvalue weighted by molar-refractivity contribution is 0.283. The molecule has 0 bridgehead atoms. The van der Waals surface area contributed by atoms with Crippen LogP contribution in [0.1, 0.15) is 25.8 Å². The van der Waals surface area contributed by atoms with E-state index in [9.17, 15) is 4.39 Å². The van der Waals surface area contributed by atoms with Crippen LogP contribution in [-0.4, -0.2) is 37.6 Å². The molecule has 0 aromatic heterocycles. The molecular weight excluding hydrogens is 263 g/mol. The predicted molar refractivity (Wildman–Crippen MR) is 80.4 cm³/mol. The van der Waals surface area contributed by atoms with Crippen molar-refractivity contribution in [3.05, 3.63) is 34.6 Å². The average molecular weight is 287 g/mol. The second-order valence-electron chi connectivity index (χ2n) is 4.72. The van der Waals surface area contributed by atoms with Crippen molar-refractivity contribution in [2.24, 2.45) is 0 Å². The van der Waals surface area contributed by atoms with E-state index in [0.29, 0.717) is 6.04 Å². The van der Waals surface area contributed by atoms with Crippen molar-refractivity contribution in [2.45, 2.75) is 32.7 Å². The Morgan fingerprint density at radius 1 is 1.32 bits per heavy atom. The van der Waals surface area contributed by atoms with Crippen molar-refractivity contribution in [1.82, 2.24) is 10.2 Å². The number of likely N-dealkylation sites (N-methyl/N-ethyl adjacent to an activating group) is 1. The number of nitrogens with one attached hydrogen (secondary N) is 1. The monoisotopic (exact) mass is 286 g/mol. The van der Waals surface area contributed by atoms with Crippen molar-refractivity contribution >= 4 is 11.6 Å². The van der Waals surface area contributed by atoms with E-state index in [1.807, 2.05) is 13.1 Å². The van der Waals surface area contributed by atoms with Crippen molar-refractivity contribution in [2.75, 3.05) is 26.7 Å². The van der Waals surface area contributed by atoms with Gasteiger partial charge < -0.3 is 10.2 Å². The maximum Gasteiger partial charge on any atom is 0.142 e. The Balaban J connectivity index is 2.59. The summed E-state index contributed by atoms with van der Waals surface area (Å²) in [6.07, 6.45) is 1.79. The molecule has 0 saturated heterocycles. The van der Waals surface area contributed by atoms with Gasteiger partial charge in [-0.3, -0.25) is 0 Å². The number of hydrogen-bond acceptors (Lipinski definition) is 2. The molecule has 108 valence electrons. The van der Waals surface area contributed by atoms with Gasteiger partial charge in [-0.25, -0.2) is 4.39 Å². The van der Waals surface area contributed by atoms with Crippen molar-refractivity contribution < 1.29 is 4.39 Å². The van der Waals surface area contributed by atoms with E-state index >= 15 is 0 Å². The van der Waals surface area contributed by atoms with E-state index < -0.39 is 0 Å². The minimum absolute atomic E-state index is 0.255. The molecule has 0 spiro atoms. The number of halogens is 2. The zero-order valence-corrected chi connectivity index (χ0v) is 12.8. The van der Waals surface area contributed by atoms with Gasteiger partial charge in [-0.2, -0.15) is 0 Å². The topological polar surface area (TPSA) is 15.3 Å². The maximum absolute atomic E-state index is 13.4. The van der Waals surface area contributed by atoms with E-state index in [1.54, 1.807) is 6.07 Å². The van der Waals surface area contributed by atoms with E-state index in [-0.39, 0.29) is 10.8 Å². The van der Waals surface area contributed by atoms with Crippen LogP contribution in [0, 0.1) is 5.82 Å². The fourth-order valence-corrected chi connectivity index (χ4v) is 2.40. The quantitative estimate of drug-likeness (QED) is 0.788. The first-order valence-corrected chi connectivity index (χ1v) is 7.32. The Hall–Kier alpha value is -0.640. The second-order valence-corrected chi connectivity index (χ2v) is 5.10. The van der Waals surface area contributed by atoms with E-state index in [4.69, 9.17) is 11.6 Å². The summed E-state index contributed by atoms with van der Waals surface area (Å²) in [6, 6.07) is 5.33. The minimum atomic E-state index is -0.335. The van der Waals surface area contributed by atoms with Crippen LogP contribution in [0.15, 0.2) is 18.2 Å². The highest BCUT2D eigenvalue weighted by Gasteiger charge is 2.13. The van der Waals surface area contributed by atoms with Crippen LogP contribution < -0.4 is 5.32 Å². The Labute approximate surface area is 120 Å². The summed E-state index contributed by atoms with van der Waals surface area (Å²) < 4.78 is 13.4. The summed E-state index contributed by atoms with van der Waals surface area (Å²) >= 11 is 6.00. The van der Waals surface area contributed by atoms with Crippen LogP contribution in [0.4, 0.5) is 4.39 Å². The molecular formula is C15H24ClFN2. The minimum Gasteiger partial charge on any atom is -0.317 e. The Bertz CT molecular complexity index is 380. The highest BCUT2D eigenvalue weighted by atomic mass is 35.5. The van der Waals surface area contributed by atoms with Gasteiger partial charge in [0.05, 0.1) is 5.02 Å². The zero-order chi connectivity index (χ0) is 14.3. The Morgan fingerprint density at radius 2 is 2.00 bits per heavy atom. The Morgan fingerprint density at radius 3 is 2.58 bits per heavy atom. The van der Waals surface area contributed by atoms with Crippen LogP contribution in [0.5, 0.6) is 0 Å². The summed E-state index contributed by atoms with van der Waals surface area (Å²) in [6.45, 7) is 7.51. The van der Waals surface area contributed by atoms with Gasteiger partial charge in [-0.05, 0) is 51.2 Å². The van der Waals surface area contributed by atoms with Crippen molar-refractivity contribution in [3.63, 3.8) is 0 Å². The lowest BCUT2D eigenvalue weighted by Crippen LogP contribution is -2.34. The average Bonchev–Trinajstić information content (AvgIpc) is 2.43. The molecule has 1 rings (SSSR count). The first kappa shape index (κ1) is 16.4. The van der Waals surface area contributed by atoms with Gasteiger partial charge in [0.2, 0.25) is 0 Å². The SMILES string of the molecule is CCN(CC)CCC(Cc1cccc(F)c1Cl)NC. The smallest absolute Gasteiger partial charge is 0.142 e. The molecule has 0 amide bonds. The fourth-order valence-electron chi connectivity index (χ4n) is 2.20. The highest BCUT2D eigenvalue weighted by molar-refractivity contribution is 6.31. The molecule has 2 nitrogen and oxygen atoms in total. The molecule has 0 aliphatic carbocycles. The van der Waals surface area contributed by atoms with E-state index in [0.717, 1.165) is 38.0 Å². The third kappa shape index (κ3) is 5.09. The molecule has 1 N–H and O–H groups in total. The number of hydrogen-bond donors (Lipinski definition) is 1. The lowest BCUT2D eigenvalue weighted by Gasteiger charge is -2.23. The van der Waals surface area contributed by atoms with Gasteiger partial charge in [-0.15, -0.1) is 0 Å². The molecule has 1 aromatic carbocycles. The standard InChI is InChI=1S/C15H24ClFN2/c1-4-19(5-2)10-9-13(18-3)11-12-7-6-8-14(17)15(12)16/h6-8,13,18H,4-5,9-11H2,1-3H3. The summed E-state index contributed by atoms with van der Waals surface area (Å²) in [7, 11) is 1.94. The summed E-state index contributed by atoms with van der Waals surface area (Å²) in [5.41, 5.74) is 0.876. The van der Waals surface area contributed by atoms with Crippen LogP contribution >= 0.6 is 11.6 Å². The first-order chi connectivity index (χ1) is 9.12. The molecule has 1 unspecified atom stereocenters. The molecule has 19 heavy (non-hydrogen) atoms. The summed E-state index contributed by atoms with van der Waals surface area (Å²) in [4.78, 5) is 2.39. The molecule has 0 radical (unpaired) electrons. The molecule has 0 fully saturated rings. The third-order valence-corrected chi connectivity index (χ3v) is 4.02. The van der Waals surface area contributed by atoms with Gasteiger partial charge in [0, 0.05) is 6.04 Å². The second kappa shape index (κ2) is 8.51. The van der Waals surface area contributed by atoms with Crippen LogP contribution in [-0.2, 0) is 6.42 Å². The molecule has 0 saturated carbocycles. The normalized spacial score (nSPS) is 12.9. The highest BCUT2D eigenvalue weighted by Crippen LogP contribution is 2.21. The van der Waals surface area contributed by atoms with Gasteiger partial charge in [0.1, 0.15) is 5.82 Å². The summed E-state index contributed by atoms with van der Waals surface area (Å²) in [5.74, 6) is -0.335. The largest absolute Gasteiger partial charge is 0.317 e. The predicted octanol–water partition coefficient (Wildman–Crippen LogP) is 3.34. The van der Waals surface area contributed by atoms with Gasteiger partial charge in [0.25, 0.3) is 0 Å². The van der Waals surface area contributed by atoms with Crippen molar-refractivity contribution in [1.29, 1.82) is 0 Å². The van der Waals surface area contributed by atoms with Crippen LogP contribution in [0.25, 0.3) is 0 Å². The van der Waals surface area contributed by atoms with Gasteiger partial charge in [0.15, 0.2) is 0 Å². The fraction of sp³-hybridized carbons (Fsp3) is 0.600. The third-order valence-electron chi connectivity index (χ3n) is 3.59. The maximum atomic E-state index is 13.4.